The van der Waals surface area contributed by atoms with Crippen molar-refractivity contribution in [3.05, 3.63) is 77.0 Å². The number of fused-ring (bicyclic) bond motifs is 2. The zero-order valence-electron chi connectivity index (χ0n) is 13.9. The standard InChI is InChI=1S/C20H18N2O3/c1-25-20(24)16-14-9-5-6-10-15(14)19(23)22-12-11-21-17(18(16)22)13-7-3-2-4-8-13/h2-10,16,21H,11-12H2,1H3. The highest BCUT2D eigenvalue weighted by atomic mass is 16.5. The van der Waals surface area contributed by atoms with E-state index in [9.17, 15) is 9.59 Å². The second-order valence-electron chi connectivity index (χ2n) is 6.05. The van der Waals surface area contributed by atoms with Crippen LogP contribution in [0.25, 0.3) is 5.70 Å². The Kier molecular flexibility index (Phi) is 3.76. The third-order valence-corrected chi connectivity index (χ3v) is 4.70. The van der Waals surface area contributed by atoms with Gasteiger partial charge in [-0.05, 0) is 17.2 Å². The van der Waals surface area contributed by atoms with Crippen molar-refractivity contribution in [3.63, 3.8) is 0 Å². The second-order valence-corrected chi connectivity index (χ2v) is 6.05. The first kappa shape index (κ1) is 15.4. The molecule has 0 saturated heterocycles. The van der Waals surface area contributed by atoms with E-state index in [0.29, 0.717) is 29.9 Å². The largest absolute Gasteiger partial charge is 0.468 e. The third kappa shape index (κ3) is 2.39. The van der Waals surface area contributed by atoms with Gasteiger partial charge in [0.15, 0.2) is 0 Å². The van der Waals surface area contributed by atoms with E-state index in [-0.39, 0.29) is 11.9 Å². The lowest BCUT2D eigenvalue weighted by atomic mass is 9.83. The van der Waals surface area contributed by atoms with Crippen molar-refractivity contribution in [1.29, 1.82) is 0 Å². The van der Waals surface area contributed by atoms with E-state index in [2.05, 4.69) is 5.32 Å². The molecule has 0 saturated carbocycles. The summed E-state index contributed by atoms with van der Waals surface area (Å²) in [5, 5.41) is 3.37. The lowest BCUT2D eigenvalue weighted by molar-refractivity contribution is -0.141. The molecule has 2 aliphatic rings. The Bertz CT molecular complexity index is 874. The number of ether oxygens (including phenoxy) is 1. The summed E-state index contributed by atoms with van der Waals surface area (Å²) in [6, 6.07) is 17.0. The summed E-state index contributed by atoms with van der Waals surface area (Å²) >= 11 is 0. The third-order valence-electron chi connectivity index (χ3n) is 4.70. The summed E-state index contributed by atoms with van der Waals surface area (Å²) in [6.07, 6.45) is 0. The summed E-state index contributed by atoms with van der Waals surface area (Å²) in [4.78, 5) is 27.4. The van der Waals surface area contributed by atoms with Crippen molar-refractivity contribution >= 4 is 17.6 Å². The smallest absolute Gasteiger partial charge is 0.319 e. The first-order chi connectivity index (χ1) is 12.2. The predicted octanol–water partition coefficient (Wildman–Crippen LogP) is 2.37. The van der Waals surface area contributed by atoms with Crippen LogP contribution < -0.4 is 5.32 Å². The number of benzene rings is 2. The molecular formula is C20H18N2O3. The van der Waals surface area contributed by atoms with Crippen LogP contribution in [-0.4, -0.2) is 37.0 Å². The predicted molar refractivity (Wildman–Crippen MR) is 93.6 cm³/mol. The van der Waals surface area contributed by atoms with Crippen LogP contribution in [0.1, 0.15) is 27.4 Å². The average molecular weight is 334 g/mol. The van der Waals surface area contributed by atoms with Gasteiger partial charge in [-0.15, -0.1) is 0 Å². The molecule has 2 heterocycles. The molecule has 1 N–H and O–H groups in total. The Labute approximate surface area is 145 Å². The fourth-order valence-corrected chi connectivity index (χ4v) is 3.60. The number of nitrogens with one attached hydrogen (secondary N) is 1. The van der Waals surface area contributed by atoms with Crippen LogP contribution >= 0.6 is 0 Å². The summed E-state index contributed by atoms with van der Waals surface area (Å²) < 4.78 is 5.08. The molecular weight excluding hydrogens is 316 g/mol. The van der Waals surface area contributed by atoms with Crippen molar-refractivity contribution < 1.29 is 14.3 Å². The van der Waals surface area contributed by atoms with Crippen LogP contribution in [0.3, 0.4) is 0 Å². The van der Waals surface area contributed by atoms with E-state index in [0.717, 1.165) is 11.3 Å². The lowest BCUT2D eigenvalue weighted by Gasteiger charge is -2.40. The van der Waals surface area contributed by atoms with Crippen molar-refractivity contribution in [2.24, 2.45) is 0 Å². The van der Waals surface area contributed by atoms with Gasteiger partial charge in [-0.2, -0.15) is 0 Å². The van der Waals surface area contributed by atoms with Crippen molar-refractivity contribution in [3.8, 4) is 0 Å². The minimum absolute atomic E-state index is 0.0688. The Balaban J connectivity index is 2.00. The number of esters is 1. The van der Waals surface area contributed by atoms with Gasteiger partial charge in [-0.1, -0.05) is 48.5 Å². The van der Waals surface area contributed by atoms with Crippen LogP contribution in [0.5, 0.6) is 0 Å². The molecule has 0 fully saturated rings. The van der Waals surface area contributed by atoms with Crippen LogP contribution in [-0.2, 0) is 9.53 Å². The zero-order valence-corrected chi connectivity index (χ0v) is 13.9. The van der Waals surface area contributed by atoms with E-state index >= 15 is 0 Å². The molecule has 0 aromatic heterocycles. The fraction of sp³-hybridized carbons (Fsp3) is 0.200. The maximum Gasteiger partial charge on any atom is 0.319 e. The highest BCUT2D eigenvalue weighted by Gasteiger charge is 2.43. The number of rotatable bonds is 2. The molecule has 5 nitrogen and oxygen atoms in total. The number of amides is 1. The van der Waals surface area contributed by atoms with Crippen LogP contribution in [0.2, 0.25) is 0 Å². The Morgan fingerprint density at radius 2 is 1.84 bits per heavy atom. The van der Waals surface area contributed by atoms with Gasteiger partial charge in [0, 0.05) is 18.7 Å². The SMILES string of the molecule is COC(=O)C1C2=C(c3ccccc3)NCCN2C(=O)c2ccccc21. The Morgan fingerprint density at radius 3 is 2.60 bits per heavy atom. The topological polar surface area (TPSA) is 58.6 Å². The van der Waals surface area contributed by atoms with Gasteiger partial charge in [-0.25, -0.2) is 0 Å². The minimum atomic E-state index is -0.623. The van der Waals surface area contributed by atoms with E-state index < -0.39 is 5.92 Å². The second kappa shape index (κ2) is 6.09. The van der Waals surface area contributed by atoms with Crippen molar-refractivity contribution in [2.75, 3.05) is 20.2 Å². The normalized spacial score (nSPS) is 19.0. The van der Waals surface area contributed by atoms with E-state index in [1.54, 1.807) is 11.0 Å². The Morgan fingerprint density at radius 1 is 1.12 bits per heavy atom. The average Bonchev–Trinajstić information content (AvgIpc) is 2.68. The van der Waals surface area contributed by atoms with Crippen LogP contribution in [0.4, 0.5) is 0 Å². The molecule has 0 aliphatic carbocycles. The quantitative estimate of drug-likeness (QED) is 0.857. The fourth-order valence-electron chi connectivity index (χ4n) is 3.60. The molecule has 0 bridgehead atoms. The van der Waals surface area contributed by atoms with Crippen molar-refractivity contribution in [1.82, 2.24) is 10.2 Å². The molecule has 1 unspecified atom stereocenters. The maximum atomic E-state index is 13.0. The van der Waals surface area contributed by atoms with Crippen LogP contribution in [0, 0.1) is 0 Å². The monoisotopic (exact) mass is 334 g/mol. The summed E-state index contributed by atoms with van der Waals surface area (Å²) in [5.41, 5.74) is 3.69. The summed E-state index contributed by atoms with van der Waals surface area (Å²) in [7, 11) is 1.38. The number of methoxy groups -OCH3 is 1. The molecule has 2 aromatic rings. The lowest BCUT2D eigenvalue weighted by Crippen LogP contribution is -2.48. The summed E-state index contributed by atoms with van der Waals surface area (Å²) in [5.74, 6) is -1.06. The van der Waals surface area contributed by atoms with Gasteiger partial charge in [0.2, 0.25) is 0 Å². The van der Waals surface area contributed by atoms with Gasteiger partial charge in [0.05, 0.1) is 18.5 Å². The summed E-state index contributed by atoms with van der Waals surface area (Å²) in [6.45, 7) is 1.15. The van der Waals surface area contributed by atoms with Crippen LogP contribution in [0.15, 0.2) is 60.3 Å². The maximum absolute atomic E-state index is 13.0. The molecule has 2 aliphatic heterocycles. The minimum Gasteiger partial charge on any atom is -0.468 e. The first-order valence-electron chi connectivity index (χ1n) is 8.24. The number of hydrogen-bond acceptors (Lipinski definition) is 4. The molecule has 25 heavy (non-hydrogen) atoms. The highest BCUT2D eigenvalue weighted by molar-refractivity contribution is 6.04. The zero-order chi connectivity index (χ0) is 17.4. The molecule has 2 aromatic carbocycles. The van der Waals surface area contributed by atoms with E-state index in [1.807, 2.05) is 48.5 Å². The highest BCUT2D eigenvalue weighted by Crippen LogP contribution is 2.41. The van der Waals surface area contributed by atoms with Crippen molar-refractivity contribution in [2.45, 2.75) is 5.92 Å². The van der Waals surface area contributed by atoms with Gasteiger partial charge in [0.25, 0.3) is 5.91 Å². The molecule has 0 radical (unpaired) electrons. The molecule has 1 atom stereocenters. The number of carbonyl (C=O) groups excluding carboxylic acids is 2. The number of carbonyl (C=O) groups is 2. The molecule has 1 amide bonds. The van der Waals surface area contributed by atoms with Gasteiger partial charge in [-0.3, -0.25) is 9.59 Å². The molecule has 126 valence electrons. The molecule has 4 rings (SSSR count). The molecule has 0 spiro atoms. The van der Waals surface area contributed by atoms with E-state index in [4.69, 9.17) is 4.74 Å². The van der Waals surface area contributed by atoms with Gasteiger partial charge < -0.3 is 15.0 Å². The number of nitrogens with zero attached hydrogens (tertiary/aromatic N) is 1. The van der Waals surface area contributed by atoms with Gasteiger partial charge >= 0.3 is 5.97 Å². The first-order valence-corrected chi connectivity index (χ1v) is 8.24. The van der Waals surface area contributed by atoms with Gasteiger partial charge in [0.1, 0.15) is 5.92 Å². The van der Waals surface area contributed by atoms with E-state index in [1.165, 1.54) is 7.11 Å². The molecule has 5 heteroatoms. The number of hydrogen-bond donors (Lipinski definition) is 1. The Hall–Kier alpha value is -3.08.